The van der Waals surface area contributed by atoms with Gasteiger partial charge in [-0.05, 0) is 6.07 Å². The standard InChI is InChI=1S/C9H14N2O2/c1-12-5-6-13-7-8-3-2-4-11-9(8)10/h2-4H,5-7H2,1H3,(H2,10,11). The summed E-state index contributed by atoms with van der Waals surface area (Å²) >= 11 is 0. The first-order valence-electron chi connectivity index (χ1n) is 4.10. The molecule has 72 valence electrons. The van der Waals surface area contributed by atoms with Gasteiger partial charge in [0.25, 0.3) is 0 Å². The minimum absolute atomic E-state index is 0.489. The van der Waals surface area contributed by atoms with Gasteiger partial charge in [0.1, 0.15) is 5.82 Å². The van der Waals surface area contributed by atoms with Gasteiger partial charge in [-0.15, -0.1) is 0 Å². The summed E-state index contributed by atoms with van der Waals surface area (Å²) in [5.74, 6) is 0.528. The maximum atomic E-state index is 5.61. The fourth-order valence-electron chi connectivity index (χ4n) is 0.897. The quantitative estimate of drug-likeness (QED) is 0.685. The Balaban J connectivity index is 2.32. The van der Waals surface area contributed by atoms with Crippen molar-refractivity contribution in [2.24, 2.45) is 0 Å². The molecule has 1 heterocycles. The van der Waals surface area contributed by atoms with Crippen molar-refractivity contribution in [2.75, 3.05) is 26.1 Å². The third-order valence-electron chi connectivity index (χ3n) is 1.62. The van der Waals surface area contributed by atoms with Crippen molar-refractivity contribution in [3.05, 3.63) is 23.9 Å². The number of nitrogen functional groups attached to an aromatic ring is 1. The molecule has 0 aliphatic heterocycles. The van der Waals surface area contributed by atoms with Gasteiger partial charge in [-0.2, -0.15) is 0 Å². The van der Waals surface area contributed by atoms with Crippen LogP contribution in [0.4, 0.5) is 5.82 Å². The van der Waals surface area contributed by atoms with Gasteiger partial charge in [-0.25, -0.2) is 4.98 Å². The molecule has 1 aromatic heterocycles. The molecule has 0 aromatic carbocycles. The minimum Gasteiger partial charge on any atom is -0.383 e. The number of nitrogens with zero attached hydrogens (tertiary/aromatic N) is 1. The van der Waals surface area contributed by atoms with Crippen LogP contribution in [0.2, 0.25) is 0 Å². The van der Waals surface area contributed by atoms with E-state index in [2.05, 4.69) is 4.98 Å². The van der Waals surface area contributed by atoms with Crippen molar-refractivity contribution in [2.45, 2.75) is 6.61 Å². The van der Waals surface area contributed by atoms with Gasteiger partial charge in [0.05, 0.1) is 19.8 Å². The lowest BCUT2D eigenvalue weighted by Gasteiger charge is -2.04. The van der Waals surface area contributed by atoms with Crippen molar-refractivity contribution in [3.8, 4) is 0 Å². The van der Waals surface area contributed by atoms with Crippen LogP contribution in [0.5, 0.6) is 0 Å². The van der Waals surface area contributed by atoms with E-state index in [4.69, 9.17) is 15.2 Å². The monoisotopic (exact) mass is 182 g/mol. The highest BCUT2D eigenvalue weighted by Crippen LogP contribution is 2.07. The van der Waals surface area contributed by atoms with E-state index < -0.39 is 0 Å². The molecule has 2 N–H and O–H groups in total. The lowest BCUT2D eigenvalue weighted by molar-refractivity contribution is 0.0618. The van der Waals surface area contributed by atoms with Crippen molar-refractivity contribution in [1.82, 2.24) is 4.98 Å². The summed E-state index contributed by atoms with van der Waals surface area (Å²) < 4.78 is 10.1. The van der Waals surface area contributed by atoms with E-state index in [9.17, 15) is 0 Å². The molecule has 4 heteroatoms. The van der Waals surface area contributed by atoms with Gasteiger partial charge in [-0.3, -0.25) is 0 Å². The van der Waals surface area contributed by atoms with Crippen molar-refractivity contribution in [1.29, 1.82) is 0 Å². The molecule has 0 radical (unpaired) electrons. The van der Waals surface area contributed by atoms with Gasteiger partial charge in [-0.1, -0.05) is 6.07 Å². The molecule has 13 heavy (non-hydrogen) atoms. The van der Waals surface area contributed by atoms with E-state index in [1.807, 2.05) is 12.1 Å². The van der Waals surface area contributed by atoms with Gasteiger partial charge in [0.2, 0.25) is 0 Å². The SMILES string of the molecule is COCCOCc1cccnc1N. The van der Waals surface area contributed by atoms with Crippen molar-refractivity contribution >= 4 is 5.82 Å². The van der Waals surface area contributed by atoms with E-state index in [1.165, 1.54) is 0 Å². The number of aromatic nitrogens is 1. The molecule has 0 spiro atoms. The molecule has 0 bridgehead atoms. The summed E-state index contributed by atoms with van der Waals surface area (Å²) in [5.41, 5.74) is 6.53. The molecule has 1 rings (SSSR count). The van der Waals surface area contributed by atoms with Gasteiger partial charge in [0, 0.05) is 18.9 Å². The second-order valence-electron chi connectivity index (χ2n) is 2.59. The first kappa shape index (κ1) is 9.95. The Kier molecular flexibility index (Phi) is 4.21. The number of rotatable bonds is 5. The predicted molar refractivity (Wildman–Crippen MR) is 50.2 cm³/mol. The maximum Gasteiger partial charge on any atom is 0.128 e. The Morgan fingerprint density at radius 1 is 1.46 bits per heavy atom. The third-order valence-corrected chi connectivity index (χ3v) is 1.62. The average molecular weight is 182 g/mol. The smallest absolute Gasteiger partial charge is 0.128 e. The van der Waals surface area contributed by atoms with E-state index in [-0.39, 0.29) is 0 Å². The number of ether oxygens (including phenoxy) is 2. The highest BCUT2D eigenvalue weighted by atomic mass is 16.5. The molecule has 0 unspecified atom stereocenters. The molecule has 0 saturated carbocycles. The Bertz CT molecular complexity index is 253. The molecule has 0 aliphatic rings. The molecule has 1 aromatic rings. The van der Waals surface area contributed by atoms with Crippen LogP contribution in [0.25, 0.3) is 0 Å². The van der Waals surface area contributed by atoms with Crippen molar-refractivity contribution in [3.63, 3.8) is 0 Å². The third kappa shape index (κ3) is 3.40. The highest BCUT2D eigenvalue weighted by molar-refractivity contribution is 5.37. The zero-order valence-electron chi connectivity index (χ0n) is 7.69. The zero-order chi connectivity index (χ0) is 9.52. The van der Waals surface area contributed by atoms with Crippen LogP contribution < -0.4 is 5.73 Å². The van der Waals surface area contributed by atoms with Crippen LogP contribution in [-0.4, -0.2) is 25.3 Å². The Morgan fingerprint density at radius 2 is 2.31 bits per heavy atom. The Morgan fingerprint density at radius 3 is 3.00 bits per heavy atom. The summed E-state index contributed by atoms with van der Waals surface area (Å²) in [6, 6.07) is 3.74. The molecule has 0 atom stereocenters. The zero-order valence-corrected chi connectivity index (χ0v) is 7.69. The van der Waals surface area contributed by atoms with Gasteiger partial charge >= 0.3 is 0 Å². The second-order valence-corrected chi connectivity index (χ2v) is 2.59. The summed E-state index contributed by atoms with van der Waals surface area (Å²) in [6.45, 7) is 1.66. The van der Waals surface area contributed by atoms with E-state index >= 15 is 0 Å². The molecule has 4 nitrogen and oxygen atoms in total. The fraction of sp³-hybridized carbons (Fsp3) is 0.444. The molecular weight excluding hydrogens is 168 g/mol. The summed E-state index contributed by atoms with van der Waals surface area (Å²) in [7, 11) is 1.64. The second kappa shape index (κ2) is 5.50. The largest absolute Gasteiger partial charge is 0.383 e. The first-order chi connectivity index (χ1) is 6.34. The topological polar surface area (TPSA) is 57.4 Å². The Labute approximate surface area is 77.7 Å². The maximum absolute atomic E-state index is 5.61. The van der Waals surface area contributed by atoms with Crippen molar-refractivity contribution < 1.29 is 9.47 Å². The van der Waals surface area contributed by atoms with E-state index in [0.29, 0.717) is 25.6 Å². The van der Waals surface area contributed by atoms with Gasteiger partial charge < -0.3 is 15.2 Å². The summed E-state index contributed by atoms with van der Waals surface area (Å²) in [6.07, 6.45) is 1.66. The van der Waals surface area contributed by atoms with Crippen LogP contribution in [0.15, 0.2) is 18.3 Å². The van der Waals surface area contributed by atoms with Crippen LogP contribution >= 0.6 is 0 Å². The van der Waals surface area contributed by atoms with Crippen LogP contribution in [0.1, 0.15) is 5.56 Å². The normalized spacial score (nSPS) is 10.2. The number of methoxy groups -OCH3 is 1. The number of pyridine rings is 1. The summed E-state index contributed by atoms with van der Waals surface area (Å²) in [5, 5.41) is 0. The van der Waals surface area contributed by atoms with Gasteiger partial charge in [0.15, 0.2) is 0 Å². The molecular formula is C9H14N2O2. The molecule has 0 fully saturated rings. The minimum atomic E-state index is 0.489. The number of anilines is 1. The summed E-state index contributed by atoms with van der Waals surface area (Å²) in [4.78, 5) is 3.94. The van der Waals surface area contributed by atoms with Crippen LogP contribution in [-0.2, 0) is 16.1 Å². The molecule has 0 saturated heterocycles. The Hall–Kier alpha value is -1.13. The fourth-order valence-corrected chi connectivity index (χ4v) is 0.897. The lowest BCUT2D eigenvalue weighted by atomic mass is 10.3. The van der Waals surface area contributed by atoms with Crippen LogP contribution in [0.3, 0.4) is 0 Å². The predicted octanol–water partition coefficient (Wildman–Crippen LogP) is 0.827. The highest BCUT2D eigenvalue weighted by Gasteiger charge is 1.97. The van der Waals surface area contributed by atoms with Crippen LogP contribution in [0, 0.1) is 0 Å². The first-order valence-corrected chi connectivity index (χ1v) is 4.10. The average Bonchev–Trinajstić information content (AvgIpc) is 2.15. The number of hydrogen-bond acceptors (Lipinski definition) is 4. The lowest BCUT2D eigenvalue weighted by Crippen LogP contribution is -2.04. The van der Waals surface area contributed by atoms with E-state index in [1.54, 1.807) is 13.3 Å². The molecule has 0 amide bonds. The number of hydrogen-bond donors (Lipinski definition) is 1. The number of nitrogens with two attached hydrogens (primary N) is 1. The van der Waals surface area contributed by atoms with E-state index in [0.717, 1.165) is 5.56 Å². The molecule has 0 aliphatic carbocycles.